The average molecular weight is 128 g/mol. The van der Waals surface area contributed by atoms with Gasteiger partial charge in [-0.25, -0.2) is 0 Å². The molecule has 0 spiro atoms. The molecule has 0 bridgehead atoms. The molecule has 0 aliphatic carbocycles. The fourth-order valence-corrected chi connectivity index (χ4v) is 0. The molecule has 0 aromatic heterocycles. The molecular weight excluding hydrogens is 122 g/mol. The number of carboxylic acids is 1. The molecule has 48 valence electrons. The van der Waals surface area contributed by atoms with Crippen LogP contribution in [0.25, 0.3) is 0 Å². The monoisotopic (exact) mass is 128 g/mol. The van der Waals surface area contributed by atoms with Gasteiger partial charge < -0.3 is 20.2 Å². The summed E-state index contributed by atoms with van der Waals surface area (Å²) < 4.78 is 0. The minimum absolute atomic E-state index is 0. The molecule has 0 saturated carbocycles. The first-order valence-electron chi connectivity index (χ1n) is 1.68. The standard InChI is InChI=1S/C2H4O2.BH2O3.Li/c1-2(3)4;2-1(3)4;/h1H3,(H,3,4);2-3H;/q;-1;+1. The number of carboxylic acid groups (broad SMARTS) is 1. The zero-order valence-electron chi connectivity index (χ0n) is 5.24. The van der Waals surface area contributed by atoms with E-state index in [2.05, 4.69) is 0 Å². The number of aliphatic carboxylic acids is 1. The topological polar surface area (TPSA) is 101 Å². The Morgan fingerprint density at radius 3 is 1.56 bits per heavy atom. The summed E-state index contributed by atoms with van der Waals surface area (Å²) in [7, 11) is -2.42. The van der Waals surface area contributed by atoms with Crippen LogP contribution >= 0.6 is 0 Å². The predicted octanol–water partition coefficient (Wildman–Crippen LogP) is -5.59. The Balaban J connectivity index is -0.0000000720. The molecule has 0 atom stereocenters. The zero-order valence-corrected chi connectivity index (χ0v) is 5.24. The Hall–Kier alpha value is 0.0123. The second-order valence-electron chi connectivity index (χ2n) is 0.845. The van der Waals surface area contributed by atoms with Crippen LogP contribution in [-0.2, 0) is 4.79 Å². The normalized spacial score (nSPS) is 5.78. The molecule has 0 heterocycles. The van der Waals surface area contributed by atoms with Crippen molar-refractivity contribution in [3.05, 3.63) is 0 Å². The maximum atomic E-state index is 9.00. The summed E-state index contributed by atoms with van der Waals surface area (Å²) >= 11 is 0. The first-order chi connectivity index (χ1) is 3.46. The second kappa shape index (κ2) is 10.9. The van der Waals surface area contributed by atoms with Crippen molar-refractivity contribution in [3.63, 3.8) is 0 Å². The van der Waals surface area contributed by atoms with E-state index in [9.17, 15) is 0 Å². The van der Waals surface area contributed by atoms with Gasteiger partial charge in [-0.3, -0.25) is 4.79 Å². The Morgan fingerprint density at radius 2 is 1.56 bits per heavy atom. The van der Waals surface area contributed by atoms with E-state index in [0.717, 1.165) is 6.92 Å². The van der Waals surface area contributed by atoms with Crippen molar-refractivity contribution in [2.45, 2.75) is 6.92 Å². The Kier molecular flexibility index (Phi) is 19.4. The second-order valence-corrected chi connectivity index (χ2v) is 0.845. The molecular formula is C2H6BLiO5. The maximum absolute atomic E-state index is 9.00. The van der Waals surface area contributed by atoms with Crippen LogP contribution in [-0.4, -0.2) is 28.4 Å². The Morgan fingerprint density at radius 1 is 1.56 bits per heavy atom. The van der Waals surface area contributed by atoms with Crippen molar-refractivity contribution in [1.82, 2.24) is 0 Å². The predicted molar refractivity (Wildman–Crippen MR) is 23.5 cm³/mol. The van der Waals surface area contributed by atoms with Crippen LogP contribution in [0.2, 0.25) is 0 Å². The minimum Gasteiger partial charge on any atom is -0.832 e. The molecule has 0 aromatic carbocycles. The van der Waals surface area contributed by atoms with E-state index in [1.807, 2.05) is 0 Å². The molecule has 0 radical (unpaired) electrons. The van der Waals surface area contributed by atoms with Gasteiger partial charge in [-0.05, 0) is 0 Å². The van der Waals surface area contributed by atoms with Crippen molar-refractivity contribution in [2.24, 2.45) is 0 Å². The first-order valence-corrected chi connectivity index (χ1v) is 1.68. The van der Waals surface area contributed by atoms with Gasteiger partial charge in [0.25, 0.3) is 5.97 Å². The minimum atomic E-state index is -2.42. The molecule has 0 unspecified atom stereocenters. The summed E-state index contributed by atoms with van der Waals surface area (Å²) in [6.45, 7) is 1.08. The Bertz CT molecular complexity index is 59.2. The van der Waals surface area contributed by atoms with E-state index in [1.54, 1.807) is 0 Å². The van der Waals surface area contributed by atoms with E-state index in [4.69, 9.17) is 25.0 Å². The molecule has 7 heteroatoms. The maximum Gasteiger partial charge on any atom is 1.00 e. The van der Waals surface area contributed by atoms with Gasteiger partial charge in [0.15, 0.2) is 0 Å². The van der Waals surface area contributed by atoms with Gasteiger partial charge in [-0.15, -0.1) is 0 Å². The van der Waals surface area contributed by atoms with Gasteiger partial charge in [0, 0.05) is 6.92 Å². The van der Waals surface area contributed by atoms with Crippen molar-refractivity contribution in [1.29, 1.82) is 0 Å². The SMILES string of the molecule is CC(=O)O.[Li+].[O-]B(O)O. The number of hydrogen-bond acceptors (Lipinski definition) is 4. The molecule has 3 N–H and O–H groups in total. The summed E-state index contributed by atoms with van der Waals surface area (Å²) in [6.07, 6.45) is 0. The molecule has 0 fully saturated rings. The third kappa shape index (κ3) is 1900000. The fourth-order valence-electron chi connectivity index (χ4n) is 0. The molecule has 0 aromatic rings. The molecule has 5 nitrogen and oxygen atoms in total. The van der Waals surface area contributed by atoms with Gasteiger partial charge in [-0.1, -0.05) is 0 Å². The molecule has 9 heavy (non-hydrogen) atoms. The van der Waals surface area contributed by atoms with E-state index < -0.39 is 13.3 Å². The summed E-state index contributed by atoms with van der Waals surface area (Å²) in [5.41, 5.74) is 0. The van der Waals surface area contributed by atoms with Crippen molar-refractivity contribution in [2.75, 3.05) is 0 Å². The Labute approximate surface area is 64.7 Å². The number of rotatable bonds is 0. The summed E-state index contributed by atoms with van der Waals surface area (Å²) in [5.74, 6) is -0.833. The summed E-state index contributed by atoms with van der Waals surface area (Å²) in [5, 5.41) is 30.2. The van der Waals surface area contributed by atoms with E-state index in [-0.39, 0.29) is 18.9 Å². The van der Waals surface area contributed by atoms with E-state index >= 15 is 0 Å². The van der Waals surface area contributed by atoms with Crippen LogP contribution in [0, 0.1) is 0 Å². The third-order valence-corrected chi connectivity index (χ3v) is 0. The van der Waals surface area contributed by atoms with Crippen LogP contribution < -0.4 is 23.9 Å². The van der Waals surface area contributed by atoms with Crippen molar-refractivity contribution in [3.8, 4) is 0 Å². The van der Waals surface area contributed by atoms with Crippen LogP contribution in [0.5, 0.6) is 0 Å². The van der Waals surface area contributed by atoms with Crippen molar-refractivity contribution < 1.29 is 43.8 Å². The van der Waals surface area contributed by atoms with Crippen LogP contribution in [0.4, 0.5) is 0 Å². The van der Waals surface area contributed by atoms with Gasteiger partial charge in [0.05, 0.1) is 0 Å². The van der Waals surface area contributed by atoms with Crippen LogP contribution in [0.15, 0.2) is 0 Å². The van der Waals surface area contributed by atoms with Gasteiger partial charge >= 0.3 is 26.2 Å². The molecule has 0 aliphatic rings. The quantitative estimate of drug-likeness (QED) is 0.282. The largest absolute Gasteiger partial charge is 1.00 e. The first kappa shape index (κ1) is 16.0. The molecule has 0 saturated heterocycles. The zero-order chi connectivity index (χ0) is 7.15. The van der Waals surface area contributed by atoms with Crippen molar-refractivity contribution >= 4 is 13.3 Å². The molecule has 0 amide bonds. The van der Waals surface area contributed by atoms with Gasteiger partial charge in [0.1, 0.15) is 0 Å². The smallest absolute Gasteiger partial charge is 0.832 e. The summed E-state index contributed by atoms with van der Waals surface area (Å²) in [4.78, 5) is 9.00. The van der Waals surface area contributed by atoms with Crippen LogP contribution in [0.1, 0.15) is 6.92 Å². The number of hydrogen-bond donors (Lipinski definition) is 3. The number of carbonyl (C=O) groups is 1. The molecule has 0 rings (SSSR count). The fraction of sp³-hybridized carbons (Fsp3) is 0.500. The summed E-state index contributed by atoms with van der Waals surface area (Å²) in [6, 6.07) is 0. The molecule has 0 aliphatic heterocycles. The third-order valence-electron chi connectivity index (χ3n) is 0. The van der Waals surface area contributed by atoms with Crippen LogP contribution in [0.3, 0.4) is 0 Å². The van der Waals surface area contributed by atoms with E-state index in [1.165, 1.54) is 0 Å². The van der Waals surface area contributed by atoms with E-state index in [0.29, 0.717) is 0 Å². The van der Waals surface area contributed by atoms with Gasteiger partial charge in [-0.2, -0.15) is 0 Å². The average Bonchev–Trinajstić information content (AvgIpc) is 1.25. The van der Waals surface area contributed by atoms with Gasteiger partial charge in [0.2, 0.25) is 0 Å².